The van der Waals surface area contributed by atoms with Crippen molar-refractivity contribution in [1.29, 1.82) is 0 Å². The number of rotatable bonds is 4. The van der Waals surface area contributed by atoms with E-state index in [1.807, 2.05) is 18.2 Å². The predicted molar refractivity (Wildman–Crippen MR) is 87.8 cm³/mol. The third-order valence-corrected chi connectivity index (χ3v) is 3.05. The molecule has 0 bridgehead atoms. The standard InChI is InChI=1S/C18H17NO3/c1-11(2)17(20)19-16-7-5-6-13-10-14(8-9-15(13)16)22-18(21)12(3)4/h5-10H,1,3H2,2,4H3,(H,19,20). The number of ether oxygens (including phenoxy) is 1. The maximum absolute atomic E-state index is 11.8. The Balaban J connectivity index is 2.35. The van der Waals surface area contributed by atoms with Crippen molar-refractivity contribution >= 4 is 28.3 Å². The van der Waals surface area contributed by atoms with Crippen molar-refractivity contribution in [3.8, 4) is 5.75 Å². The molecular formula is C18H17NO3. The van der Waals surface area contributed by atoms with E-state index in [1.165, 1.54) is 0 Å². The van der Waals surface area contributed by atoms with Gasteiger partial charge >= 0.3 is 5.97 Å². The molecule has 0 aliphatic heterocycles. The van der Waals surface area contributed by atoms with Gasteiger partial charge in [-0.1, -0.05) is 25.3 Å². The van der Waals surface area contributed by atoms with Gasteiger partial charge in [-0.3, -0.25) is 4.79 Å². The van der Waals surface area contributed by atoms with Crippen LogP contribution in [0.15, 0.2) is 60.7 Å². The molecule has 0 heterocycles. The van der Waals surface area contributed by atoms with Gasteiger partial charge in [0.05, 0.1) is 0 Å². The maximum atomic E-state index is 11.8. The molecule has 0 aliphatic carbocycles. The summed E-state index contributed by atoms with van der Waals surface area (Å²) < 4.78 is 5.20. The molecule has 0 unspecified atom stereocenters. The zero-order valence-electron chi connectivity index (χ0n) is 12.6. The van der Waals surface area contributed by atoms with E-state index < -0.39 is 5.97 Å². The summed E-state index contributed by atoms with van der Waals surface area (Å²) in [5.74, 6) is -0.264. The first-order valence-electron chi connectivity index (χ1n) is 6.76. The van der Waals surface area contributed by atoms with Crippen molar-refractivity contribution in [3.05, 3.63) is 60.7 Å². The number of hydrogen-bond acceptors (Lipinski definition) is 3. The third kappa shape index (κ3) is 3.41. The van der Waals surface area contributed by atoms with Crippen molar-refractivity contribution in [2.24, 2.45) is 0 Å². The lowest BCUT2D eigenvalue weighted by Gasteiger charge is -2.10. The number of anilines is 1. The van der Waals surface area contributed by atoms with Crippen LogP contribution < -0.4 is 10.1 Å². The number of hydrogen-bond donors (Lipinski definition) is 1. The average molecular weight is 295 g/mol. The van der Waals surface area contributed by atoms with Crippen LogP contribution in [0.2, 0.25) is 0 Å². The zero-order chi connectivity index (χ0) is 16.3. The number of fused-ring (bicyclic) bond motifs is 1. The summed E-state index contributed by atoms with van der Waals surface area (Å²) in [5, 5.41) is 4.51. The molecule has 1 N–H and O–H groups in total. The molecule has 112 valence electrons. The molecule has 2 rings (SSSR count). The topological polar surface area (TPSA) is 55.4 Å². The minimum absolute atomic E-state index is 0.231. The molecule has 4 heteroatoms. The Morgan fingerprint density at radius 1 is 1.05 bits per heavy atom. The van der Waals surface area contributed by atoms with Crippen molar-refractivity contribution in [2.45, 2.75) is 13.8 Å². The zero-order valence-corrected chi connectivity index (χ0v) is 12.6. The number of carbonyl (C=O) groups excluding carboxylic acids is 2. The molecule has 0 aliphatic rings. The fourth-order valence-electron chi connectivity index (χ4n) is 1.86. The molecular weight excluding hydrogens is 278 g/mol. The monoisotopic (exact) mass is 295 g/mol. The Morgan fingerprint density at radius 3 is 2.41 bits per heavy atom. The molecule has 0 saturated heterocycles. The highest BCUT2D eigenvalue weighted by Crippen LogP contribution is 2.27. The highest BCUT2D eigenvalue weighted by atomic mass is 16.5. The predicted octanol–water partition coefficient (Wildman–Crippen LogP) is 3.84. The van der Waals surface area contributed by atoms with Crippen LogP contribution in [0.1, 0.15) is 13.8 Å². The summed E-state index contributed by atoms with van der Waals surface area (Å²) in [5.41, 5.74) is 1.45. The van der Waals surface area contributed by atoms with Gasteiger partial charge in [0.25, 0.3) is 5.91 Å². The lowest BCUT2D eigenvalue weighted by Crippen LogP contribution is -2.12. The van der Waals surface area contributed by atoms with E-state index in [4.69, 9.17) is 4.74 Å². The maximum Gasteiger partial charge on any atom is 0.338 e. The molecule has 0 spiro atoms. The summed E-state index contributed by atoms with van der Waals surface area (Å²) in [6, 6.07) is 10.7. The first-order chi connectivity index (χ1) is 10.4. The Kier molecular flexibility index (Phi) is 4.41. The van der Waals surface area contributed by atoms with Crippen LogP contribution in [-0.4, -0.2) is 11.9 Å². The van der Waals surface area contributed by atoms with E-state index in [0.717, 1.165) is 10.8 Å². The minimum Gasteiger partial charge on any atom is -0.423 e. The summed E-state index contributed by atoms with van der Waals surface area (Å²) in [4.78, 5) is 23.3. The number of carbonyl (C=O) groups is 2. The summed E-state index contributed by atoms with van der Waals surface area (Å²) in [7, 11) is 0. The first-order valence-corrected chi connectivity index (χ1v) is 6.76. The van der Waals surface area contributed by atoms with Crippen LogP contribution in [-0.2, 0) is 9.59 Å². The van der Waals surface area contributed by atoms with Gasteiger partial charge in [-0.05, 0) is 43.5 Å². The smallest absolute Gasteiger partial charge is 0.338 e. The van der Waals surface area contributed by atoms with Crippen LogP contribution in [0.5, 0.6) is 5.75 Å². The molecule has 4 nitrogen and oxygen atoms in total. The molecule has 1 amide bonds. The molecule has 2 aromatic carbocycles. The minimum atomic E-state index is -0.467. The Labute approximate surface area is 129 Å². The second kappa shape index (κ2) is 6.26. The number of esters is 1. The van der Waals surface area contributed by atoms with Crippen molar-refractivity contribution < 1.29 is 14.3 Å². The van der Waals surface area contributed by atoms with Crippen LogP contribution in [0.25, 0.3) is 10.8 Å². The summed E-state index contributed by atoms with van der Waals surface area (Å²) in [6.07, 6.45) is 0. The largest absolute Gasteiger partial charge is 0.423 e. The van der Waals surface area contributed by atoms with Crippen LogP contribution in [0.4, 0.5) is 5.69 Å². The van der Waals surface area contributed by atoms with Crippen molar-refractivity contribution in [3.63, 3.8) is 0 Å². The molecule has 0 atom stereocenters. The van der Waals surface area contributed by atoms with Gasteiger partial charge in [0.1, 0.15) is 5.75 Å². The molecule has 0 saturated carbocycles. The van der Waals surface area contributed by atoms with Gasteiger partial charge < -0.3 is 10.1 Å². The third-order valence-electron chi connectivity index (χ3n) is 3.05. The van der Waals surface area contributed by atoms with E-state index in [-0.39, 0.29) is 5.91 Å². The Bertz CT molecular complexity index is 790. The Hall–Kier alpha value is -2.88. The highest BCUT2D eigenvalue weighted by molar-refractivity contribution is 6.08. The van der Waals surface area contributed by atoms with Crippen LogP contribution in [0, 0.1) is 0 Å². The fraction of sp³-hybridized carbons (Fsp3) is 0.111. The van der Waals surface area contributed by atoms with E-state index in [2.05, 4.69) is 18.5 Å². The van der Waals surface area contributed by atoms with Gasteiger partial charge in [-0.25, -0.2) is 4.79 Å². The number of benzene rings is 2. The van der Waals surface area contributed by atoms with Gasteiger partial charge in [0.2, 0.25) is 0 Å². The number of amides is 1. The molecule has 0 fully saturated rings. The van der Waals surface area contributed by atoms with Crippen LogP contribution >= 0.6 is 0 Å². The molecule has 0 aromatic heterocycles. The van der Waals surface area contributed by atoms with E-state index in [9.17, 15) is 9.59 Å². The summed E-state index contributed by atoms with van der Waals surface area (Å²) in [6.45, 7) is 10.4. The lowest BCUT2D eigenvalue weighted by molar-refractivity contribution is -0.130. The summed E-state index contributed by atoms with van der Waals surface area (Å²) >= 11 is 0. The van der Waals surface area contributed by atoms with Gasteiger partial charge in [0.15, 0.2) is 0 Å². The van der Waals surface area contributed by atoms with E-state index in [1.54, 1.807) is 32.0 Å². The van der Waals surface area contributed by atoms with Crippen molar-refractivity contribution in [1.82, 2.24) is 0 Å². The average Bonchev–Trinajstić information content (AvgIpc) is 2.47. The number of nitrogens with one attached hydrogen (secondary N) is 1. The Morgan fingerprint density at radius 2 is 1.77 bits per heavy atom. The SMILES string of the molecule is C=C(C)C(=O)Nc1cccc2cc(OC(=O)C(=C)C)ccc12. The van der Waals surface area contributed by atoms with E-state index >= 15 is 0 Å². The fourth-order valence-corrected chi connectivity index (χ4v) is 1.86. The van der Waals surface area contributed by atoms with Crippen molar-refractivity contribution in [2.75, 3.05) is 5.32 Å². The lowest BCUT2D eigenvalue weighted by atomic mass is 10.1. The van der Waals surface area contributed by atoms with E-state index in [0.29, 0.717) is 22.6 Å². The van der Waals surface area contributed by atoms with Gasteiger partial charge in [-0.15, -0.1) is 0 Å². The highest BCUT2D eigenvalue weighted by Gasteiger charge is 2.09. The van der Waals surface area contributed by atoms with Crippen LogP contribution in [0.3, 0.4) is 0 Å². The molecule has 2 aromatic rings. The van der Waals surface area contributed by atoms with Gasteiger partial charge in [-0.2, -0.15) is 0 Å². The van der Waals surface area contributed by atoms with Gasteiger partial charge in [0, 0.05) is 22.2 Å². The first kappa shape index (κ1) is 15.5. The molecule has 22 heavy (non-hydrogen) atoms. The second-order valence-electron chi connectivity index (χ2n) is 5.09. The quantitative estimate of drug-likeness (QED) is 0.530. The molecule has 0 radical (unpaired) electrons. The normalized spacial score (nSPS) is 10.1. The second-order valence-corrected chi connectivity index (χ2v) is 5.09.